The summed E-state index contributed by atoms with van der Waals surface area (Å²) in [5, 5.41) is 0. The second-order valence-corrected chi connectivity index (χ2v) is 4.13. The van der Waals surface area contributed by atoms with Crippen molar-refractivity contribution in [1.29, 1.82) is 0 Å². The van der Waals surface area contributed by atoms with Gasteiger partial charge in [-0.2, -0.15) is 0 Å². The number of rotatable bonds is 5. The lowest BCUT2D eigenvalue weighted by Crippen LogP contribution is -2.43. The van der Waals surface area contributed by atoms with Crippen molar-refractivity contribution < 1.29 is 4.79 Å². The van der Waals surface area contributed by atoms with Gasteiger partial charge in [0.2, 0.25) is 5.91 Å². The number of carbonyl (C=O) groups is 1. The number of hydrogen-bond acceptors (Lipinski definition) is 3. The van der Waals surface area contributed by atoms with Crippen molar-refractivity contribution in [3.63, 3.8) is 0 Å². The van der Waals surface area contributed by atoms with E-state index in [0.29, 0.717) is 13.1 Å². The zero-order valence-corrected chi connectivity index (χ0v) is 11.3. The van der Waals surface area contributed by atoms with Crippen LogP contribution < -0.4 is 10.9 Å². The van der Waals surface area contributed by atoms with Gasteiger partial charge in [-0.3, -0.25) is 15.1 Å². The minimum absolute atomic E-state index is 0. The highest BCUT2D eigenvalue weighted by molar-refractivity contribution is 5.85. The van der Waals surface area contributed by atoms with Gasteiger partial charge >= 0.3 is 0 Å². The van der Waals surface area contributed by atoms with Gasteiger partial charge in [-0.1, -0.05) is 29.8 Å². The van der Waals surface area contributed by atoms with Crippen LogP contribution in [0.5, 0.6) is 0 Å². The highest BCUT2D eigenvalue weighted by Gasteiger charge is 2.02. The van der Waals surface area contributed by atoms with Crippen LogP contribution in [0.1, 0.15) is 11.1 Å². The lowest BCUT2D eigenvalue weighted by molar-refractivity contribution is -0.121. The van der Waals surface area contributed by atoms with Crippen molar-refractivity contribution in [2.75, 3.05) is 20.8 Å². The lowest BCUT2D eigenvalue weighted by Gasteiger charge is -2.12. The first-order chi connectivity index (χ1) is 7.58. The van der Waals surface area contributed by atoms with Gasteiger partial charge in [0.15, 0.2) is 0 Å². The Morgan fingerprint density at radius 3 is 2.35 bits per heavy atom. The number of carbonyl (C=O) groups excluding carboxylic acids is 1. The van der Waals surface area contributed by atoms with Gasteiger partial charge in [0.05, 0.1) is 13.1 Å². The minimum Gasteiger partial charge on any atom is -0.295 e. The molecule has 1 amide bonds. The number of amides is 1. The molecular formula is C12H20ClN3O. The van der Waals surface area contributed by atoms with Gasteiger partial charge < -0.3 is 0 Å². The molecule has 0 aromatic heterocycles. The number of hydrogen-bond donors (Lipinski definition) is 2. The van der Waals surface area contributed by atoms with Crippen LogP contribution in [0.15, 0.2) is 24.3 Å². The van der Waals surface area contributed by atoms with Crippen molar-refractivity contribution >= 4 is 18.3 Å². The quantitative estimate of drug-likeness (QED) is 0.613. The van der Waals surface area contributed by atoms with Crippen LogP contribution in [0.2, 0.25) is 0 Å². The fraction of sp³-hybridized carbons (Fsp3) is 0.417. The first-order valence-electron chi connectivity index (χ1n) is 5.30. The predicted octanol–water partition coefficient (Wildman–Crippen LogP) is 1.10. The Morgan fingerprint density at radius 1 is 1.24 bits per heavy atom. The maximum absolute atomic E-state index is 11.5. The van der Waals surface area contributed by atoms with Crippen molar-refractivity contribution in [1.82, 2.24) is 15.8 Å². The van der Waals surface area contributed by atoms with Gasteiger partial charge in [-0.05, 0) is 26.6 Å². The molecule has 0 bridgehead atoms. The average molecular weight is 258 g/mol. The number of nitrogens with zero attached hydrogens (tertiary/aromatic N) is 1. The average Bonchev–Trinajstić information content (AvgIpc) is 2.21. The van der Waals surface area contributed by atoms with Gasteiger partial charge in [0.1, 0.15) is 0 Å². The van der Waals surface area contributed by atoms with Crippen LogP contribution >= 0.6 is 12.4 Å². The molecule has 1 rings (SSSR count). The second-order valence-electron chi connectivity index (χ2n) is 4.13. The van der Waals surface area contributed by atoms with E-state index >= 15 is 0 Å². The molecule has 4 nitrogen and oxygen atoms in total. The van der Waals surface area contributed by atoms with Gasteiger partial charge in [0.25, 0.3) is 0 Å². The topological polar surface area (TPSA) is 44.4 Å². The Morgan fingerprint density at radius 2 is 1.82 bits per heavy atom. The molecule has 1 aromatic rings. The van der Waals surface area contributed by atoms with Gasteiger partial charge in [-0.25, -0.2) is 5.43 Å². The van der Waals surface area contributed by atoms with E-state index in [1.807, 2.05) is 50.2 Å². The molecule has 0 unspecified atom stereocenters. The maximum Gasteiger partial charge on any atom is 0.238 e. The van der Waals surface area contributed by atoms with Crippen molar-refractivity contribution in [3.8, 4) is 0 Å². The molecule has 1 aromatic carbocycles. The molecule has 17 heavy (non-hydrogen) atoms. The summed E-state index contributed by atoms with van der Waals surface area (Å²) in [5.41, 5.74) is 7.72. The summed E-state index contributed by atoms with van der Waals surface area (Å²) in [6, 6.07) is 7.97. The van der Waals surface area contributed by atoms with E-state index in [1.165, 1.54) is 5.56 Å². The SMILES string of the molecule is Cc1ccc(CC(=O)NNCN(C)C)cc1.Cl. The molecule has 96 valence electrons. The smallest absolute Gasteiger partial charge is 0.238 e. The van der Waals surface area contributed by atoms with Gasteiger partial charge in [-0.15, -0.1) is 12.4 Å². The molecule has 2 N–H and O–H groups in total. The highest BCUT2D eigenvalue weighted by Crippen LogP contribution is 2.03. The highest BCUT2D eigenvalue weighted by atomic mass is 35.5. The van der Waals surface area contributed by atoms with E-state index in [4.69, 9.17) is 0 Å². The van der Waals surface area contributed by atoms with E-state index in [2.05, 4.69) is 10.9 Å². The molecule has 0 spiro atoms. The van der Waals surface area contributed by atoms with Crippen molar-refractivity contribution in [2.24, 2.45) is 0 Å². The summed E-state index contributed by atoms with van der Waals surface area (Å²) < 4.78 is 0. The molecule has 0 heterocycles. The fourth-order valence-corrected chi connectivity index (χ4v) is 1.23. The monoisotopic (exact) mass is 257 g/mol. The van der Waals surface area contributed by atoms with Crippen LogP contribution in [0.4, 0.5) is 0 Å². The third kappa shape index (κ3) is 6.94. The van der Waals surface area contributed by atoms with Crippen molar-refractivity contribution in [2.45, 2.75) is 13.3 Å². The summed E-state index contributed by atoms with van der Waals surface area (Å²) in [6.07, 6.45) is 0.403. The Hall–Kier alpha value is -1.10. The Kier molecular flexibility index (Phi) is 7.54. The predicted molar refractivity (Wildman–Crippen MR) is 72.0 cm³/mol. The molecule has 5 heteroatoms. The van der Waals surface area contributed by atoms with E-state index in [9.17, 15) is 4.79 Å². The maximum atomic E-state index is 11.5. The van der Waals surface area contributed by atoms with Crippen LogP contribution in [0.25, 0.3) is 0 Å². The molecule has 0 saturated carbocycles. The third-order valence-corrected chi connectivity index (χ3v) is 2.11. The fourth-order valence-electron chi connectivity index (χ4n) is 1.23. The van der Waals surface area contributed by atoms with E-state index in [1.54, 1.807) is 0 Å². The summed E-state index contributed by atoms with van der Waals surface area (Å²) in [5.74, 6) is -0.0225. The first kappa shape index (κ1) is 15.9. The summed E-state index contributed by atoms with van der Waals surface area (Å²) in [4.78, 5) is 13.4. The zero-order chi connectivity index (χ0) is 12.0. The van der Waals surface area contributed by atoms with Gasteiger partial charge in [0, 0.05) is 0 Å². The van der Waals surface area contributed by atoms with Crippen LogP contribution in [-0.4, -0.2) is 31.6 Å². The number of aryl methyl sites for hydroxylation is 1. The third-order valence-electron chi connectivity index (χ3n) is 2.11. The summed E-state index contributed by atoms with van der Waals surface area (Å²) in [6.45, 7) is 2.65. The number of halogens is 1. The first-order valence-corrected chi connectivity index (χ1v) is 5.30. The molecule has 0 atom stereocenters. The van der Waals surface area contributed by atoms with E-state index in [-0.39, 0.29) is 18.3 Å². The largest absolute Gasteiger partial charge is 0.295 e. The van der Waals surface area contributed by atoms with Crippen molar-refractivity contribution in [3.05, 3.63) is 35.4 Å². The number of benzene rings is 1. The molecule has 0 saturated heterocycles. The Balaban J connectivity index is 0.00000256. The minimum atomic E-state index is -0.0225. The lowest BCUT2D eigenvalue weighted by atomic mass is 10.1. The standard InChI is InChI=1S/C12H19N3O.ClH/c1-10-4-6-11(7-5-10)8-12(16)14-13-9-15(2)3;/h4-7,13H,8-9H2,1-3H3,(H,14,16);1H. The molecule has 0 aliphatic carbocycles. The molecule has 0 aliphatic rings. The molecular weight excluding hydrogens is 238 g/mol. The Labute approximate surface area is 109 Å². The molecule has 0 aliphatic heterocycles. The molecule has 0 radical (unpaired) electrons. The normalized spacial score (nSPS) is 9.88. The Bertz CT molecular complexity index is 338. The number of nitrogens with one attached hydrogen (secondary N) is 2. The molecule has 0 fully saturated rings. The number of hydrazine groups is 1. The zero-order valence-electron chi connectivity index (χ0n) is 10.5. The van der Waals surface area contributed by atoms with E-state index in [0.717, 1.165) is 5.56 Å². The summed E-state index contributed by atoms with van der Waals surface area (Å²) in [7, 11) is 3.86. The van der Waals surface area contributed by atoms with E-state index < -0.39 is 0 Å². The second kappa shape index (κ2) is 8.06. The van der Waals surface area contributed by atoms with Crippen LogP contribution in [-0.2, 0) is 11.2 Å². The summed E-state index contributed by atoms with van der Waals surface area (Å²) >= 11 is 0. The van der Waals surface area contributed by atoms with Crippen LogP contribution in [0, 0.1) is 6.92 Å². The van der Waals surface area contributed by atoms with Crippen LogP contribution in [0.3, 0.4) is 0 Å².